The van der Waals surface area contributed by atoms with Crippen molar-refractivity contribution < 1.29 is 9.32 Å². The molecule has 0 atom stereocenters. The zero-order valence-electron chi connectivity index (χ0n) is 6.75. The van der Waals surface area contributed by atoms with Gasteiger partial charge in [0.05, 0.1) is 12.7 Å². The van der Waals surface area contributed by atoms with Gasteiger partial charge >= 0.3 is 0 Å². The molecule has 13 heavy (non-hydrogen) atoms. The number of hydrogen-bond donors (Lipinski definition) is 0. The second-order valence-electron chi connectivity index (χ2n) is 2.51. The van der Waals surface area contributed by atoms with Gasteiger partial charge in [-0.1, -0.05) is 5.16 Å². The normalized spacial score (nSPS) is 10.2. The Morgan fingerprint density at radius 3 is 3.15 bits per heavy atom. The van der Waals surface area contributed by atoms with Crippen molar-refractivity contribution in [2.24, 2.45) is 0 Å². The molecule has 0 aromatic carbocycles. The van der Waals surface area contributed by atoms with Crippen LogP contribution in [0.2, 0.25) is 0 Å². The van der Waals surface area contributed by atoms with Crippen LogP contribution in [0.15, 0.2) is 29.2 Å². The number of nitrogens with zero attached hydrogens (tertiary/aromatic N) is 3. The second-order valence-corrected chi connectivity index (χ2v) is 2.51. The number of aromatic nitrogens is 3. The summed E-state index contributed by atoms with van der Waals surface area (Å²) in [6.45, 7) is 0.480. The smallest absolute Gasteiger partial charge is 0.185 e. The van der Waals surface area contributed by atoms with Crippen LogP contribution in [0, 0.1) is 0 Å². The summed E-state index contributed by atoms with van der Waals surface area (Å²) in [6, 6.07) is 1.74. The molecule has 2 aromatic heterocycles. The van der Waals surface area contributed by atoms with Crippen molar-refractivity contribution in [2.45, 2.75) is 6.54 Å². The van der Waals surface area contributed by atoms with E-state index in [0.717, 1.165) is 0 Å². The molecule has 0 bridgehead atoms. The Labute approximate surface area is 74.0 Å². The zero-order valence-corrected chi connectivity index (χ0v) is 6.75. The van der Waals surface area contributed by atoms with Gasteiger partial charge in [-0.3, -0.25) is 4.79 Å². The summed E-state index contributed by atoms with van der Waals surface area (Å²) < 4.78 is 6.58. The first-order valence-corrected chi connectivity index (χ1v) is 3.76. The zero-order chi connectivity index (χ0) is 9.10. The topological polar surface area (TPSA) is 60.9 Å². The van der Waals surface area contributed by atoms with Crippen LogP contribution in [-0.2, 0) is 6.54 Å². The molecule has 2 rings (SSSR count). The van der Waals surface area contributed by atoms with Crippen molar-refractivity contribution in [3.8, 4) is 0 Å². The largest absolute Gasteiger partial charge is 0.359 e. The summed E-state index contributed by atoms with van der Waals surface area (Å²) >= 11 is 0. The minimum atomic E-state index is 0.386. The first-order valence-electron chi connectivity index (χ1n) is 3.76. The Hall–Kier alpha value is -1.91. The van der Waals surface area contributed by atoms with E-state index >= 15 is 0 Å². The highest BCUT2D eigenvalue weighted by Crippen LogP contribution is 2.02. The van der Waals surface area contributed by atoms with Gasteiger partial charge in [0.1, 0.15) is 0 Å². The monoisotopic (exact) mass is 177 g/mol. The molecule has 0 aliphatic rings. The molecule has 0 saturated heterocycles. The van der Waals surface area contributed by atoms with Gasteiger partial charge in [0.15, 0.2) is 17.9 Å². The van der Waals surface area contributed by atoms with Crippen molar-refractivity contribution >= 4 is 6.29 Å². The molecular formula is C8H7N3O2. The maximum Gasteiger partial charge on any atom is 0.185 e. The molecular weight excluding hydrogens is 170 g/mol. The Morgan fingerprint density at radius 1 is 1.54 bits per heavy atom. The van der Waals surface area contributed by atoms with Crippen molar-refractivity contribution in [3.05, 3.63) is 36.2 Å². The molecule has 0 spiro atoms. The molecule has 5 nitrogen and oxygen atoms in total. The summed E-state index contributed by atoms with van der Waals surface area (Å²) in [5.74, 6) is 1.08. The number of carbonyl (C=O) groups excluding carboxylic acids is 1. The lowest BCUT2D eigenvalue weighted by Crippen LogP contribution is -2.02. The van der Waals surface area contributed by atoms with Crippen molar-refractivity contribution in [2.75, 3.05) is 0 Å². The van der Waals surface area contributed by atoms with Gasteiger partial charge in [0, 0.05) is 18.5 Å². The van der Waals surface area contributed by atoms with Crippen LogP contribution in [0.5, 0.6) is 0 Å². The van der Waals surface area contributed by atoms with Crippen molar-refractivity contribution in [3.63, 3.8) is 0 Å². The first kappa shape index (κ1) is 7.72. The van der Waals surface area contributed by atoms with E-state index < -0.39 is 0 Å². The van der Waals surface area contributed by atoms with Crippen LogP contribution in [0.4, 0.5) is 0 Å². The summed E-state index contributed by atoms with van der Waals surface area (Å²) in [4.78, 5) is 14.3. The predicted molar refractivity (Wildman–Crippen MR) is 43.2 cm³/mol. The third-order valence-electron chi connectivity index (χ3n) is 1.67. The van der Waals surface area contributed by atoms with Gasteiger partial charge in [-0.15, -0.1) is 0 Å². The summed E-state index contributed by atoms with van der Waals surface area (Å²) in [5, 5.41) is 3.56. The molecule has 0 radical (unpaired) electrons. The molecule has 0 saturated carbocycles. The maximum atomic E-state index is 10.5. The number of aldehydes is 1. The fraction of sp³-hybridized carbons (Fsp3) is 0.125. The van der Waals surface area contributed by atoms with Crippen molar-refractivity contribution in [1.82, 2.24) is 14.7 Å². The fourth-order valence-electron chi connectivity index (χ4n) is 1.06. The Balaban J connectivity index is 2.23. The van der Waals surface area contributed by atoms with Crippen LogP contribution in [0.1, 0.15) is 16.4 Å². The van der Waals surface area contributed by atoms with E-state index in [4.69, 9.17) is 4.52 Å². The van der Waals surface area contributed by atoms with E-state index in [1.54, 1.807) is 29.2 Å². The van der Waals surface area contributed by atoms with Gasteiger partial charge in [0.2, 0.25) is 0 Å². The lowest BCUT2D eigenvalue weighted by Gasteiger charge is -1.98. The third kappa shape index (κ3) is 1.48. The van der Waals surface area contributed by atoms with Gasteiger partial charge in [0.25, 0.3) is 0 Å². The molecule has 0 aliphatic carbocycles. The van der Waals surface area contributed by atoms with Crippen LogP contribution in [0.3, 0.4) is 0 Å². The first-order chi connectivity index (χ1) is 6.40. The van der Waals surface area contributed by atoms with E-state index in [9.17, 15) is 4.79 Å². The average Bonchev–Trinajstić information content (AvgIpc) is 2.76. The van der Waals surface area contributed by atoms with Crippen LogP contribution >= 0.6 is 0 Å². The summed E-state index contributed by atoms with van der Waals surface area (Å²) in [6.07, 6.45) is 5.55. The van der Waals surface area contributed by atoms with Crippen molar-refractivity contribution in [1.29, 1.82) is 0 Å². The number of carbonyl (C=O) groups is 1. The minimum Gasteiger partial charge on any atom is -0.359 e. The van der Waals surface area contributed by atoms with Crippen LogP contribution in [0.25, 0.3) is 0 Å². The SMILES string of the molecule is O=Cc1nccn1Cc1ccno1. The molecule has 5 heteroatoms. The molecule has 0 N–H and O–H groups in total. The molecule has 0 amide bonds. The van der Waals surface area contributed by atoms with E-state index in [2.05, 4.69) is 10.1 Å². The van der Waals surface area contributed by atoms with E-state index in [1.807, 2.05) is 0 Å². The lowest BCUT2D eigenvalue weighted by molar-refractivity contribution is 0.111. The molecule has 0 fully saturated rings. The third-order valence-corrected chi connectivity index (χ3v) is 1.67. The Bertz CT molecular complexity index is 391. The molecule has 0 aliphatic heterocycles. The Morgan fingerprint density at radius 2 is 2.46 bits per heavy atom. The van der Waals surface area contributed by atoms with Gasteiger partial charge in [-0.05, 0) is 0 Å². The number of hydrogen-bond acceptors (Lipinski definition) is 4. The lowest BCUT2D eigenvalue weighted by atomic mass is 10.4. The van der Waals surface area contributed by atoms with E-state index in [1.165, 1.54) is 0 Å². The highest BCUT2D eigenvalue weighted by Gasteiger charge is 2.03. The molecule has 0 unspecified atom stereocenters. The predicted octanol–water partition coefficient (Wildman–Crippen LogP) is 0.732. The van der Waals surface area contributed by atoms with Gasteiger partial charge < -0.3 is 9.09 Å². The van der Waals surface area contributed by atoms with E-state index in [-0.39, 0.29) is 0 Å². The van der Waals surface area contributed by atoms with Crippen LogP contribution < -0.4 is 0 Å². The molecule has 66 valence electrons. The number of rotatable bonds is 3. The molecule has 2 heterocycles. The summed E-state index contributed by atoms with van der Waals surface area (Å²) in [5.41, 5.74) is 0. The fourth-order valence-corrected chi connectivity index (χ4v) is 1.06. The molecule has 2 aromatic rings. The van der Waals surface area contributed by atoms with Gasteiger partial charge in [-0.2, -0.15) is 0 Å². The average molecular weight is 177 g/mol. The van der Waals surface area contributed by atoms with Crippen LogP contribution in [-0.4, -0.2) is 21.0 Å². The Kier molecular flexibility index (Phi) is 1.91. The van der Waals surface area contributed by atoms with Gasteiger partial charge in [-0.25, -0.2) is 4.98 Å². The highest BCUT2D eigenvalue weighted by molar-refractivity contribution is 5.69. The standard InChI is InChI=1S/C8H7N3O2/c12-6-8-9-3-4-11(8)5-7-1-2-10-13-7/h1-4,6H,5H2. The summed E-state index contributed by atoms with van der Waals surface area (Å²) in [7, 11) is 0. The highest BCUT2D eigenvalue weighted by atomic mass is 16.5. The second kappa shape index (κ2) is 3.22. The van der Waals surface area contributed by atoms with E-state index in [0.29, 0.717) is 24.4 Å². The maximum absolute atomic E-state index is 10.5. The number of imidazole rings is 1. The minimum absolute atomic E-state index is 0.386. The quantitative estimate of drug-likeness (QED) is 0.648.